The fraction of sp³-hybridized carbons (Fsp3) is 0.150. The minimum Gasteiger partial charge on any atom is -0.457 e. The third-order valence-electron chi connectivity index (χ3n) is 4.04. The number of para-hydroxylation sites is 1. The number of halogens is 3. The van der Waals surface area contributed by atoms with Crippen molar-refractivity contribution in [1.82, 2.24) is 15.3 Å². The molecule has 0 bridgehead atoms. The Morgan fingerprint density at radius 3 is 2.70 bits per heavy atom. The lowest BCUT2D eigenvalue weighted by molar-refractivity contribution is -0.137. The van der Waals surface area contributed by atoms with E-state index in [-0.39, 0.29) is 18.2 Å². The minimum absolute atomic E-state index is 0.0315. The van der Waals surface area contributed by atoms with Gasteiger partial charge in [0.1, 0.15) is 5.76 Å². The van der Waals surface area contributed by atoms with Crippen LogP contribution < -0.4 is 5.32 Å². The number of alkyl halides is 3. The highest BCUT2D eigenvalue weighted by Crippen LogP contribution is 2.31. The van der Waals surface area contributed by atoms with Crippen LogP contribution in [0.3, 0.4) is 0 Å². The van der Waals surface area contributed by atoms with Gasteiger partial charge in [-0.25, -0.2) is 9.97 Å². The molecular weight excluding hydrogens is 435 g/mol. The van der Waals surface area contributed by atoms with Crippen molar-refractivity contribution < 1.29 is 22.4 Å². The zero-order valence-corrected chi connectivity index (χ0v) is 16.9. The zero-order chi connectivity index (χ0) is 21.1. The number of hydrogen-bond acceptors (Lipinski definition) is 6. The average Bonchev–Trinajstić information content (AvgIpc) is 3.37. The van der Waals surface area contributed by atoms with Crippen molar-refractivity contribution in [3.63, 3.8) is 0 Å². The van der Waals surface area contributed by atoms with Crippen LogP contribution in [0.2, 0.25) is 0 Å². The van der Waals surface area contributed by atoms with Crippen LogP contribution in [0.4, 0.5) is 13.2 Å². The van der Waals surface area contributed by atoms with Gasteiger partial charge in [-0.3, -0.25) is 4.79 Å². The maximum atomic E-state index is 12.5. The van der Waals surface area contributed by atoms with Crippen molar-refractivity contribution in [2.75, 3.05) is 5.75 Å². The number of aromatic nitrogens is 2. The molecule has 0 aliphatic rings. The summed E-state index contributed by atoms with van der Waals surface area (Å²) < 4.78 is 44.4. The number of nitrogens with zero attached hydrogens (tertiary/aromatic N) is 2. The number of furan rings is 1. The molecule has 1 N–H and O–H groups in total. The summed E-state index contributed by atoms with van der Waals surface area (Å²) >= 11 is 2.58. The standard InChI is InChI=1S/C20H14F3N3O2S2/c21-20(22,23)12-5-8-18(25-9-12)29-11-17(27)24-10-13-6-7-15(28-13)19-26-14-3-1-2-4-16(14)30-19/h1-9H,10-11H2,(H,24,27). The molecule has 4 aromatic rings. The van der Waals surface area contributed by atoms with Gasteiger partial charge in [0.25, 0.3) is 0 Å². The number of amides is 1. The van der Waals surface area contributed by atoms with Gasteiger partial charge in [-0.15, -0.1) is 11.3 Å². The number of thioether (sulfide) groups is 1. The average molecular weight is 449 g/mol. The van der Waals surface area contributed by atoms with Crippen LogP contribution in [0.5, 0.6) is 0 Å². The molecule has 10 heteroatoms. The number of rotatable bonds is 6. The van der Waals surface area contributed by atoms with E-state index in [1.807, 2.05) is 24.3 Å². The first-order valence-corrected chi connectivity index (χ1v) is 10.6. The summed E-state index contributed by atoms with van der Waals surface area (Å²) in [5.74, 6) is 0.961. The van der Waals surface area contributed by atoms with Crippen molar-refractivity contribution in [3.05, 3.63) is 66.1 Å². The van der Waals surface area contributed by atoms with Crippen LogP contribution in [0, 0.1) is 0 Å². The van der Waals surface area contributed by atoms with E-state index in [9.17, 15) is 18.0 Å². The van der Waals surface area contributed by atoms with Crippen LogP contribution in [0.15, 0.2) is 64.2 Å². The summed E-state index contributed by atoms with van der Waals surface area (Å²) in [6.45, 7) is 0.199. The lowest BCUT2D eigenvalue weighted by Gasteiger charge is -2.07. The molecule has 0 saturated heterocycles. The number of hydrogen-bond donors (Lipinski definition) is 1. The number of fused-ring (bicyclic) bond motifs is 1. The number of nitrogens with one attached hydrogen (secondary N) is 1. The van der Waals surface area contributed by atoms with Gasteiger partial charge >= 0.3 is 6.18 Å². The molecular formula is C20H14F3N3O2S2. The van der Waals surface area contributed by atoms with Gasteiger partial charge in [-0.2, -0.15) is 13.2 Å². The molecule has 0 radical (unpaired) electrons. The van der Waals surface area contributed by atoms with Crippen LogP contribution in [0.1, 0.15) is 11.3 Å². The van der Waals surface area contributed by atoms with Crippen molar-refractivity contribution >= 4 is 39.2 Å². The molecule has 0 unspecified atom stereocenters. The fourth-order valence-corrected chi connectivity index (χ4v) is 4.18. The van der Waals surface area contributed by atoms with E-state index in [1.54, 1.807) is 12.1 Å². The Hall–Kier alpha value is -2.85. The molecule has 3 aromatic heterocycles. The second-order valence-corrected chi connectivity index (χ2v) is 8.23. The highest BCUT2D eigenvalue weighted by molar-refractivity contribution is 7.99. The molecule has 30 heavy (non-hydrogen) atoms. The van der Waals surface area contributed by atoms with Crippen LogP contribution in [0.25, 0.3) is 21.0 Å². The lowest BCUT2D eigenvalue weighted by Crippen LogP contribution is -2.24. The molecule has 154 valence electrons. The quantitative estimate of drug-likeness (QED) is 0.401. The van der Waals surface area contributed by atoms with Gasteiger partial charge in [0.2, 0.25) is 5.91 Å². The first kappa shape index (κ1) is 20.4. The molecule has 0 aliphatic carbocycles. The van der Waals surface area contributed by atoms with Gasteiger partial charge < -0.3 is 9.73 Å². The Morgan fingerprint density at radius 1 is 1.13 bits per heavy atom. The molecule has 0 atom stereocenters. The zero-order valence-electron chi connectivity index (χ0n) is 15.3. The summed E-state index contributed by atoms with van der Waals surface area (Å²) in [6.07, 6.45) is -3.67. The molecule has 0 fully saturated rings. The third-order valence-corrected chi connectivity index (χ3v) is 6.04. The minimum atomic E-state index is -4.43. The second-order valence-electron chi connectivity index (χ2n) is 6.20. The Balaban J connectivity index is 1.29. The van der Waals surface area contributed by atoms with Gasteiger partial charge in [0.05, 0.1) is 33.1 Å². The third kappa shape index (κ3) is 4.82. The SMILES string of the molecule is O=C(CSc1ccc(C(F)(F)F)cn1)NCc1ccc(-c2nc3ccccc3s2)o1. The predicted octanol–water partition coefficient (Wildman–Crippen LogP) is 5.38. The van der Waals surface area contributed by atoms with Crippen LogP contribution in [-0.4, -0.2) is 21.6 Å². The van der Waals surface area contributed by atoms with Gasteiger partial charge in [-0.05, 0) is 36.4 Å². The monoisotopic (exact) mass is 449 g/mol. The number of benzene rings is 1. The maximum Gasteiger partial charge on any atom is 0.417 e. The van der Waals surface area contributed by atoms with Crippen molar-refractivity contribution in [2.24, 2.45) is 0 Å². The van der Waals surface area contributed by atoms with E-state index >= 15 is 0 Å². The lowest BCUT2D eigenvalue weighted by atomic mass is 10.3. The molecule has 1 amide bonds. The first-order valence-electron chi connectivity index (χ1n) is 8.76. The number of thiazole rings is 1. The van der Waals surface area contributed by atoms with E-state index in [0.29, 0.717) is 16.5 Å². The second kappa shape index (κ2) is 8.49. The molecule has 0 aliphatic heterocycles. The van der Waals surface area contributed by atoms with E-state index in [0.717, 1.165) is 39.2 Å². The summed E-state index contributed by atoms with van der Waals surface area (Å²) in [5, 5.41) is 3.82. The topological polar surface area (TPSA) is 68.0 Å². The summed E-state index contributed by atoms with van der Waals surface area (Å²) in [6, 6.07) is 13.6. The van der Waals surface area contributed by atoms with Crippen LogP contribution in [-0.2, 0) is 17.5 Å². The normalized spacial score (nSPS) is 11.7. The van der Waals surface area contributed by atoms with Gasteiger partial charge in [-0.1, -0.05) is 23.9 Å². The number of pyridine rings is 1. The van der Waals surface area contributed by atoms with Crippen molar-refractivity contribution in [3.8, 4) is 10.8 Å². The van der Waals surface area contributed by atoms with E-state index in [2.05, 4.69) is 15.3 Å². The summed E-state index contributed by atoms with van der Waals surface area (Å²) in [5.41, 5.74) is 0.0794. The largest absolute Gasteiger partial charge is 0.457 e. The molecule has 0 saturated carbocycles. The van der Waals surface area contributed by atoms with Crippen molar-refractivity contribution in [1.29, 1.82) is 0 Å². The molecule has 1 aromatic carbocycles. The maximum absolute atomic E-state index is 12.5. The van der Waals surface area contributed by atoms with E-state index in [1.165, 1.54) is 17.4 Å². The van der Waals surface area contributed by atoms with Gasteiger partial charge in [0, 0.05) is 6.20 Å². The highest BCUT2D eigenvalue weighted by atomic mass is 32.2. The summed E-state index contributed by atoms with van der Waals surface area (Å²) in [4.78, 5) is 20.3. The summed E-state index contributed by atoms with van der Waals surface area (Å²) in [7, 11) is 0. The Morgan fingerprint density at radius 2 is 1.97 bits per heavy atom. The number of carbonyl (C=O) groups excluding carboxylic acids is 1. The number of carbonyl (C=O) groups is 1. The van der Waals surface area contributed by atoms with E-state index in [4.69, 9.17) is 4.42 Å². The highest BCUT2D eigenvalue weighted by Gasteiger charge is 2.30. The smallest absolute Gasteiger partial charge is 0.417 e. The molecule has 4 rings (SSSR count). The molecule has 5 nitrogen and oxygen atoms in total. The Kier molecular flexibility index (Phi) is 5.78. The van der Waals surface area contributed by atoms with Gasteiger partial charge in [0.15, 0.2) is 10.8 Å². The molecule has 0 spiro atoms. The first-order chi connectivity index (χ1) is 14.4. The van der Waals surface area contributed by atoms with Crippen molar-refractivity contribution in [2.45, 2.75) is 17.7 Å². The Labute approximate surface area is 177 Å². The fourth-order valence-electron chi connectivity index (χ4n) is 2.58. The van der Waals surface area contributed by atoms with E-state index < -0.39 is 11.7 Å². The Bertz CT molecular complexity index is 1140. The molecule has 3 heterocycles. The predicted molar refractivity (Wildman–Crippen MR) is 109 cm³/mol. The van der Waals surface area contributed by atoms with Crippen LogP contribution >= 0.6 is 23.1 Å².